The molecular formula is C15H24O. The summed E-state index contributed by atoms with van der Waals surface area (Å²) in [5.74, 6) is 3.10. The maximum absolute atomic E-state index is 10.6. The van der Waals surface area contributed by atoms with Crippen LogP contribution in [0.3, 0.4) is 0 Å². The lowest BCUT2D eigenvalue weighted by atomic mass is 9.78. The van der Waals surface area contributed by atoms with E-state index in [0.717, 1.165) is 24.2 Å². The van der Waals surface area contributed by atoms with Crippen LogP contribution in [-0.4, -0.2) is 10.7 Å². The second-order valence-electron chi connectivity index (χ2n) is 7.16. The third-order valence-electron chi connectivity index (χ3n) is 5.77. The van der Waals surface area contributed by atoms with Crippen LogP contribution in [0.15, 0.2) is 11.6 Å². The van der Waals surface area contributed by atoms with Gasteiger partial charge in [0.2, 0.25) is 0 Å². The highest BCUT2D eigenvalue weighted by molar-refractivity contribution is 5.31. The summed E-state index contributed by atoms with van der Waals surface area (Å²) in [4.78, 5) is 0. The van der Waals surface area contributed by atoms with Crippen molar-refractivity contribution in [1.29, 1.82) is 0 Å². The first kappa shape index (κ1) is 10.8. The first-order chi connectivity index (χ1) is 7.36. The summed E-state index contributed by atoms with van der Waals surface area (Å²) in [5.41, 5.74) is 1.38. The Kier molecular flexibility index (Phi) is 1.98. The Morgan fingerprint density at radius 2 is 2.00 bits per heavy atom. The molecule has 5 atom stereocenters. The molecule has 3 rings (SSSR count). The normalized spacial score (nSPS) is 53.7. The average molecular weight is 220 g/mol. The van der Waals surface area contributed by atoms with E-state index in [0.29, 0.717) is 11.3 Å². The van der Waals surface area contributed by atoms with Gasteiger partial charge >= 0.3 is 0 Å². The molecule has 2 fully saturated rings. The highest BCUT2D eigenvalue weighted by atomic mass is 16.3. The molecule has 0 heterocycles. The smallest absolute Gasteiger partial charge is 0.0831 e. The lowest BCUT2D eigenvalue weighted by Crippen LogP contribution is -2.31. The summed E-state index contributed by atoms with van der Waals surface area (Å²) in [5, 5.41) is 10.6. The minimum atomic E-state index is -0.515. The van der Waals surface area contributed by atoms with Gasteiger partial charge in [-0.25, -0.2) is 0 Å². The van der Waals surface area contributed by atoms with E-state index in [2.05, 4.69) is 26.8 Å². The Balaban J connectivity index is 1.99. The molecule has 0 aliphatic heterocycles. The van der Waals surface area contributed by atoms with Crippen molar-refractivity contribution < 1.29 is 5.11 Å². The molecule has 2 saturated carbocycles. The lowest BCUT2D eigenvalue weighted by molar-refractivity contribution is 0.0738. The van der Waals surface area contributed by atoms with Crippen molar-refractivity contribution in [2.45, 2.75) is 52.6 Å². The van der Waals surface area contributed by atoms with Crippen LogP contribution < -0.4 is 0 Å². The molecule has 16 heavy (non-hydrogen) atoms. The zero-order valence-electron chi connectivity index (χ0n) is 11.0. The van der Waals surface area contributed by atoms with Gasteiger partial charge in [-0.15, -0.1) is 0 Å². The number of allylic oxidation sites excluding steroid dienone is 1. The molecule has 0 aromatic carbocycles. The van der Waals surface area contributed by atoms with Gasteiger partial charge in [-0.1, -0.05) is 26.8 Å². The highest BCUT2D eigenvalue weighted by Crippen LogP contribution is 2.70. The summed E-state index contributed by atoms with van der Waals surface area (Å²) >= 11 is 0. The predicted octanol–water partition coefficient (Wildman–Crippen LogP) is 3.39. The Hall–Kier alpha value is -0.300. The fourth-order valence-electron chi connectivity index (χ4n) is 4.66. The van der Waals surface area contributed by atoms with Gasteiger partial charge in [-0.05, 0) is 60.8 Å². The largest absolute Gasteiger partial charge is 0.386 e. The average Bonchev–Trinajstić information content (AvgIpc) is 2.51. The van der Waals surface area contributed by atoms with E-state index in [1.54, 1.807) is 0 Å². The standard InChI is InChI=1S/C15H24O/c1-9-5-6-10-12(9)13-11(14(13,2)3)7-8-15(10,4)16/h6,9,11-13,16H,5,7-8H2,1-4H3/t9-,11-,12+,13-,15+/m1/s1. The quantitative estimate of drug-likeness (QED) is 0.620. The van der Waals surface area contributed by atoms with Crippen LogP contribution in [0.2, 0.25) is 0 Å². The third kappa shape index (κ3) is 1.21. The molecule has 0 aromatic rings. The van der Waals surface area contributed by atoms with Crippen LogP contribution in [0.25, 0.3) is 0 Å². The number of fused-ring (bicyclic) bond motifs is 3. The number of rotatable bonds is 0. The Morgan fingerprint density at radius 1 is 1.31 bits per heavy atom. The van der Waals surface area contributed by atoms with Gasteiger partial charge in [-0.3, -0.25) is 0 Å². The Morgan fingerprint density at radius 3 is 2.69 bits per heavy atom. The number of hydrogen-bond donors (Lipinski definition) is 1. The summed E-state index contributed by atoms with van der Waals surface area (Å²) < 4.78 is 0. The molecule has 0 unspecified atom stereocenters. The van der Waals surface area contributed by atoms with Crippen LogP contribution in [0.5, 0.6) is 0 Å². The maximum atomic E-state index is 10.6. The number of aliphatic hydroxyl groups is 1. The molecule has 90 valence electrons. The van der Waals surface area contributed by atoms with E-state index in [-0.39, 0.29) is 0 Å². The molecule has 0 saturated heterocycles. The minimum Gasteiger partial charge on any atom is -0.386 e. The van der Waals surface area contributed by atoms with Crippen molar-refractivity contribution in [3.8, 4) is 0 Å². The maximum Gasteiger partial charge on any atom is 0.0831 e. The molecule has 1 heteroatoms. The van der Waals surface area contributed by atoms with Crippen LogP contribution in [0.4, 0.5) is 0 Å². The Labute approximate surface area is 98.9 Å². The van der Waals surface area contributed by atoms with Crippen molar-refractivity contribution >= 4 is 0 Å². The van der Waals surface area contributed by atoms with E-state index < -0.39 is 5.60 Å². The van der Waals surface area contributed by atoms with Crippen molar-refractivity contribution in [2.75, 3.05) is 0 Å². The van der Waals surface area contributed by atoms with Gasteiger partial charge in [0.1, 0.15) is 0 Å². The predicted molar refractivity (Wildman–Crippen MR) is 66.0 cm³/mol. The van der Waals surface area contributed by atoms with Crippen molar-refractivity contribution in [2.24, 2.45) is 29.1 Å². The van der Waals surface area contributed by atoms with E-state index in [1.807, 2.05) is 6.92 Å². The van der Waals surface area contributed by atoms with E-state index in [4.69, 9.17) is 0 Å². The van der Waals surface area contributed by atoms with E-state index >= 15 is 0 Å². The lowest BCUT2D eigenvalue weighted by Gasteiger charge is -2.31. The summed E-state index contributed by atoms with van der Waals surface area (Å²) in [6.07, 6.45) is 5.69. The third-order valence-corrected chi connectivity index (χ3v) is 5.77. The van der Waals surface area contributed by atoms with E-state index in [1.165, 1.54) is 18.4 Å². The second-order valence-corrected chi connectivity index (χ2v) is 7.16. The van der Waals surface area contributed by atoms with Gasteiger partial charge < -0.3 is 5.11 Å². The first-order valence-corrected chi connectivity index (χ1v) is 6.78. The summed E-state index contributed by atoms with van der Waals surface area (Å²) in [6, 6.07) is 0. The molecule has 0 aromatic heterocycles. The van der Waals surface area contributed by atoms with Crippen LogP contribution in [0, 0.1) is 29.1 Å². The fourth-order valence-corrected chi connectivity index (χ4v) is 4.66. The molecule has 0 radical (unpaired) electrons. The second kappa shape index (κ2) is 2.93. The van der Waals surface area contributed by atoms with Gasteiger partial charge in [-0.2, -0.15) is 0 Å². The SMILES string of the molecule is C[C@@H]1CC=C2[C@H]1[C@H]1[C@@H](CC[C@]2(C)O)C1(C)C. The molecule has 3 aliphatic carbocycles. The molecule has 1 N–H and O–H groups in total. The highest BCUT2D eigenvalue weighted by Gasteiger charge is 2.64. The van der Waals surface area contributed by atoms with Gasteiger partial charge in [0.05, 0.1) is 5.60 Å². The molecule has 0 bridgehead atoms. The zero-order chi connectivity index (χ0) is 11.7. The topological polar surface area (TPSA) is 20.2 Å². The summed E-state index contributed by atoms with van der Waals surface area (Å²) in [6.45, 7) is 9.23. The van der Waals surface area contributed by atoms with Gasteiger partial charge in [0.15, 0.2) is 0 Å². The fraction of sp³-hybridized carbons (Fsp3) is 0.867. The molecule has 3 aliphatic rings. The van der Waals surface area contributed by atoms with Gasteiger partial charge in [0.25, 0.3) is 0 Å². The monoisotopic (exact) mass is 220 g/mol. The summed E-state index contributed by atoms with van der Waals surface area (Å²) in [7, 11) is 0. The molecule has 0 amide bonds. The van der Waals surface area contributed by atoms with Gasteiger partial charge in [0, 0.05) is 0 Å². The minimum absolute atomic E-state index is 0.515. The van der Waals surface area contributed by atoms with Crippen LogP contribution in [-0.2, 0) is 0 Å². The zero-order valence-corrected chi connectivity index (χ0v) is 11.0. The Bertz CT molecular complexity index is 350. The number of hydrogen-bond acceptors (Lipinski definition) is 1. The van der Waals surface area contributed by atoms with E-state index in [9.17, 15) is 5.11 Å². The molecule has 1 nitrogen and oxygen atoms in total. The van der Waals surface area contributed by atoms with Crippen LogP contribution in [0.1, 0.15) is 47.0 Å². The molecular weight excluding hydrogens is 196 g/mol. The molecule has 0 spiro atoms. The first-order valence-electron chi connectivity index (χ1n) is 6.78. The van der Waals surface area contributed by atoms with Crippen molar-refractivity contribution in [3.63, 3.8) is 0 Å². The van der Waals surface area contributed by atoms with Crippen LogP contribution >= 0.6 is 0 Å². The van der Waals surface area contributed by atoms with Crippen molar-refractivity contribution in [3.05, 3.63) is 11.6 Å². The van der Waals surface area contributed by atoms with Crippen molar-refractivity contribution in [1.82, 2.24) is 0 Å².